The van der Waals surface area contributed by atoms with Crippen LogP contribution in [0, 0.1) is 0 Å². The number of para-hydroxylation sites is 1. The predicted octanol–water partition coefficient (Wildman–Crippen LogP) is 1.79. The Hall–Kier alpha value is -2.30. The van der Waals surface area contributed by atoms with Crippen molar-refractivity contribution in [3.63, 3.8) is 0 Å². The third-order valence-corrected chi connectivity index (χ3v) is 3.33. The lowest BCUT2D eigenvalue weighted by Gasteiger charge is -2.14. The van der Waals surface area contributed by atoms with E-state index in [1.165, 1.54) is 5.56 Å². The highest BCUT2D eigenvalue weighted by Gasteiger charge is 2.23. The van der Waals surface area contributed by atoms with Crippen LogP contribution in [0.25, 0.3) is 0 Å². The van der Waals surface area contributed by atoms with Gasteiger partial charge in [0.05, 0.1) is 0 Å². The highest BCUT2D eigenvalue weighted by atomic mass is 16.2. The van der Waals surface area contributed by atoms with E-state index in [0.717, 1.165) is 24.3 Å². The highest BCUT2D eigenvalue weighted by Crippen LogP contribution is 2.22. The predicted molar refractivity (Wildman–Crippen MR) is 74.0 cm³/mol. The quantitative estimate of drug-likeness (QED) is 0.861. The van der Waals surface area contributed by atoms with Crippen molar-refractivity contribution in [2.24, 2.45) is 7.05 Å². The lowest BCUT2D eigenvalue weighted by Crippen LogP contribution is -2.33. The third kappa shape index (κ3) is 2.45. The number of carbonyl (C=O) groups is 1. The molecule has 5 nitrogen and oxygen atoms in total. The maximum atomic E-state index is 12.2. The third-order valence-electron chi connectivity index (χ3n) is 3.33. The van der Waals surface area contributed by atoms with Crippen molar-refractivity contribution in [1.29, 1.82) is 0 Å². The van der Waals surface area contributed by atoms with Crippen LogP contribution in [0.2, 0.25) is 0 Å². The van der Waals surface area contributed by atoms with Crippen LogP contribution in [0.1, 0.15) is 12.0 Å². The minimum absolute atomic E-state index is 0.00407. The Kier molecular flexibility index (Phi) is 2.95. The number of nitrogens with one attached hydrogen (secondary N) is 2. The van der Waals surface area contributed by atoms with Gasteiger partial charge in [0.1, 0.15) is 11.9 Å². The molecule has 0 bridgehead atoms. The van der Waals surface area contributed by atoms with Crippen LogP contribution in [0.4, 0.5) is 11.5 Å². The topological polar surface area (TPSA) is 59.0 Å². The van der Waals surface area contributed by atoms with E-state index in [1.807, 2.05) is 37.5 Å². The van der Waals surface area contributed by atoms with Crippen molar-refractivity contribution in [1.82, 2.24) is 9.78 Å². The van der Waals surface area contributed by atoms with E-state index in [9.17, 15) is 4.79 Å². The van der Waals surface area contributed by atoms with E-state index in [1.54, 1.807) is 4.68 Å². The fourth-order valence-corrected chi connectivity index (χ4v) is 2.32. The van der Waals surface area contributed by atoms with Crippen molar-refractivity contribution in [2.75, 3.05) is 10.6 Å². The van der Waals surface area contributed by atoms with Crippen molar-refractivity contribution < 1.29 is 4.79 Å². The van der Waals surface area contributed by atoms with Crippen LogP contribution >= 0.6 is 0 Å². The van der Waals surface area contributed by atoms with E-state index in [-0.39, 0.29) is 11.9 Å². The molecule has 0 saturated heterocycles. The summed E-state index contributed by atoms with van der Waals surface area (Å²) in [6.45, 7) is 0. The van der Waals surface area contributed by atoms with Gasteiger partial charge in [0, 0.05) is 25.0 Å². The van der Waals surface area contributed by atoms with Crippen molar-refractivity contribution in [3.8, 4) is 0 Å². The summed E-state index contributed by atoms with van der Waals surface area (Å²) in [5.41, 5.74) is 2.10. The first kappa shape index (κ1) is 11.8. The lowest BCUT2D eigenvalue weighted by atomic mass is 10.1. The summed E-state index contributed by atoms with van der Waals surface area (Å²) in [4.78, 5) is 12.2. The molecule has 2 aromatic rings. The molecule has 3 rings (SSSR count). The zero-order valence-corrected chi connectivity index (χ0v) is 10.8. The Labute approximate surface area is 111 Å². The average Bonchev–Trinajstić information content (AvgIpc) is 2.74. The molecule has 0 fully saturated rings. The summed E-state index contributed by atoms with van der Waals surface area (Å²) in [6.07, 6.45) is 3.49. The molecule has 0 radical (unpaired) electrons. The second-order valence-corrected chi connectivity index (χ2v) is 4.76. The molecule has 1 atom stereocenters. The van der Waals surface area contributed by atoms with E-state index in [2.05, 4.69) is 21.8 Å². The molecule has 1 aliphatic heterocycles. The number of fused-ring (bicyclic) bond motifs is 1. The van der Waals surface area contributed by atoms with Gasteiger partial charge in [-0.15, -0.1) is 0 Å². The molecule has 0 aliphatic carbocycles. The number of rotatable bonds is 2. The largest absolute Gasteiger partial charge is 0.357 e. The number of benzene rings is 1. The first-order valence-electron chi connectivity index (χ1n) is 6.37. The first-order valence-corrected chi connectivity index (χ1v) is 6.37. The van der Waals surface area contributed by atoms with Gasteiger partial charge in [0.2, 0.25) is 5.91 Å². The smallest absolute Gasteiger partial charge is 0.246 e. The van der Waals surface area contributed by atoms with Crippen LogP contribution in [0.15, 0.2) is 36.5 Å². The summed E-state index contributed by atoms with van der Waals surface area (Å²) in [5.74, 6) is 0.726. The zero-order chi connectivity index (χ0) is 13.2. The van der Waals surface area contributed by atoms with Crippen LogP contribution in [0.5, 0.6) is 0 Å². The molecule has 2 heterocycles. The number of aromatic nitrogens is 2. The van der Waals surface area contributed by atoms with Gasteiger partial charge in [-0.25, -0.2) is 0 Å². The Morgan fingerprint density at radius 2 is 2.21 bits per heavy atom. The molecule has 1 aromatic carbocycles. The molecule has 1 aliphatic rings. The number of hydrogen-bond acceptors (Lipinski definition) is 3. The van der Waals surface area contributed by atoms with Crippen LogP contribution < -0.4 is 10.6 Å². The molecule has 19 heavy (non-hydrogen) atoms. The molecule has 5 heteroatoms. The second-order valence-electron chi connectivity index (χ2n) is 4.76. The van der Waals surface area contributed by atoms with Gasteiger partial charge < -0.3 is 10.6 Å². The Bertz CT molecular complexity index is 605. The molecule has 98 valence electrons. The molecule has 0 saturated carbocycles. The van der Waals surface area contributed by atoms with Crippen LogP contribution in [-0.2, 0) is 18.3 Å². The van der Waals surface area contributed by atoms with Crippen molar-refractivity contribution >= 4 is 17.4 Å². The van der Waals surface area contributed by atoms with E-state index in [4.69, 9.17) is 0 Å². The highest BCUT2D eigenvalue weighted by molar-refractivity contribution is 5.97. The lowest BCUT2D eigenvalue weighted by molar-refractivity contribution is -0.116. The molecule has 2 N–H and O–H groups in total. The molecule has 1 aromatic heterocycles. The average molecular weight is 256 g/mol. The van der Waals surface area contributed by atoms with Gasteiger partial charge in [0.15, 0.2) is 0 Å². The molecule has 0 spiro atoms. The number of carbonyl (C=O) groups excluding carboxylic acids is 1. The second kappa shape index (κ2) is 4.76. The van der Waals surface area contributed by atoms with Gasteiger partial charge in [0.25, 0.3) is 0 Å². The zero-order valence-electron chi connectivity index (χ0n) is 10.8. The summed E-state index contributed by atoms with van der Waals surface area (Å²) >= 11 is 0. The van der Waals surface area contributed by atoms with E-state index in [0.29, 0.717) is 0 Å². The minimum Gasteiger partial charge on any atom is -0.357 e. The van der Waals surface area contributed by atoms with Gasteiger partial charge in [-0.3, -0.25) is 9.48 Å². The van der Waals surface area contributed by atoms with Gasteiger partial charge >= 0.3 is 0 Å². The number of anilines is 2. The normalized spacial score (nSPS) is 18.4. The Morgan fingerprint density at radius 3 is 3.00 bits per heavy atom. The molecule has 1 unspecified atom stereocenters. The first-order chi connectivity index (χ1) is 9.22. The minimum atomic E-state index is -0.248. The molecular formula is C14H16N4O. The van der Waals surface area contributed by atoms with Crippen LogP contribution in [0.3, 0.4) is 0 Å². The number of hydrogen-bond donors (Lipinski definition) is 2. The molecular weight excluding hydrogens is 240 g/mol. The van der Waals surface area contributed by atoms with Crippen molar-refractivity contribution in [2.45, 2.75) is 18.9 Å². The summed E-state index contributed by atoms with van der Waals surface area (Å²) in [7, 11) is 1.86. The van der Waals surface area contributed by atoms with Crippen molar-refractivity contribution in [3.05, 3.63) is 42.1 Å². The van der Waals surface area contributed by atoms with Crippen LogP contribution in [-0.4, -0.2) is 21.7 Å². The van der Waals surface area contributed by atoms with E-state index < -0.39 is 0 Å². The Balaban J connectivity index is 1.77. The number of aryl methyl sites for hydroxylation is 2. The van der Waals surface area contributed by atoms with Gasteiger partial charge in [-0.05, 0) is 24.5 Å². The fourth-order valence-electron chi connectivity index (χ4n) is 2.32. The summed E-state index contributed by atoms with van der Waals surface area (Å²) in [6, 6.07) is 9.55. The number of amides is 1. The maximum Gasteiger partial charge on any atom is 0.246 e. The summed E-state index contributed by atoms with van der Waals surface area (Å²) in [5, 5.41) is 10.4. The monoisotopic (exact) mass is 256 g/mol. The standard InChI is InChI=1S/C14H16N4O/c1-18-9-8-13(17-18)15-12-7-6-10-4-2-3-5-11(10)16-14(12)19/h2-5,8-9,12H,6-7H2,1H3,(H,15,17)(H,16,19). The Morgan fingerprint density at radius 1 is 1.37 bits per heavy atom. The fraction of sp³-hybridized carbons (Fsp3) is 0.286. The maximum absolute atomic E-state index is 12.2. The molecule has 1 amide bonds. The number of nitrogens with zero attached hydrogens (tertiary/aromatic N) is 2. The van der Waals surface area contributed by atoms with Gasteiger partial charge in [-0.1, -0.05) is 18.2 Å². The van der Waals surface area contributed by atoms with Gasteiger partial charge in [-0.2, -0.15) is 5.10 Å². The summed E-state index contributed by atoms with van der Waals surface area (Å²) < 4.78 is 1.71. The SMILES string of the molecule is Cn1ccc(NC2CCc3ccccc3NC2=O)n1. The van der Waals surface area contributed by atoms with E-state index >= 15 is 0 Å².